The Balaban J connectivity index is 0.000000606. The lowest BCUT2D eigenvalue weighted by Crippen LogP contribution is -2.74. The molecule has 0 N–H and O–H groups in total. The van der Waals surface area contributed by atoms with Gasteiger partial charge < -0.3 is 4.48 Å². The fourth-order valence-electron chi connectivity index (χ4n) is 2.72. The number of quaternary nitrogens is 2. The molecule has 3 fully saturated rings. The first-order valence-corrected chi connectivity index (χ1v) is 8.25. The van der Waals surface area contributed by atoms with Crippen LogP contribution >= 0.6 is 0 Å². The highest BCUT2D eigenvalue weighted by atomic mass is 32.2. The Bertz CT molecular complexity index is 313. The van der Waals surface area contributed by atoms with Crippen LogP contribution in [-0.2, 0) is 9.84 Å². The molecule has 5 heteroatoms. The van der Waals surface area contributed by atoms with Gasteiger partial charge in [0.15, 0.2) is 15.7 Å². The molecule has 4 nitrogen and oxygen atoms in total. The van der Waals surface area contributed by atoms with E-state index >= 15 is 0 Å². The van der Waals surface area contributed by atoms with E-state index in [2.05, 4.69) is 7.05 Å². The van der Waals surface area contributed by atoms with Gasteiger partial charge in [0.1, 0.15) is 39.3 Å². The third-order valence-corrected chi connectivity index (χ3v) is 4.87. The average molecular weight is 250 g/mol. The molecular weight excluding hydrogens is 224 g/mol. The lowest BCUT2D eigenvalue weighted by Gasteiger charge is -2.53. The zero-order valence-corrected chi connectivity index (χ0v) is 11.9. The molecule has 2 bridgehead atoms. The number of hydrogen-bond acceptors (Lipinski definition) is 2. The SMILES string of the molecule is CC.C[N+]12CC[N+](CS(C)(=O)=O)(CC1)CC2. The van der Waals surface area contributed by atoms with Crippen molar-refractivity contribution in [1.29, 1.82) is 0 Å². The fraction of sp³-hybridized carbons (Fsp3) is 1.00. The van der Waals surface area contributed by atoms with Gasteiger partial charge in [0.2, 0.25) is 0 Å². The highest BCUT2D eigenvalue weighted by Gasteiger charge is 2.47. The quantitative estimate of drug-likeness (QED) is 0.661. The second kappa shape index (κ2) is 4.63. The summed E-state index contributed by atoms with van der Waals surface area (Å²) in [5.41, 5.74) is 0. The van der Waals surface area contributed by atoms with Crippen molar-refractivity contribution in [3.05, 3.63) is 0 Å². The van der Waals surface area contributed by atoms with Crippen LogP contribution in [0.3, 0.4) is 0 Å². The molecule has 0 spiro atoms. The minimum absolute atomic E-state index is 0.354. The number of fused-ring (bicyclic) bond motifs is 3. The van der Waals surface area contributed by atoms with Crippen molar-refractivity contribution in [3.8, 4) is 0 Å². The molecule has 3 rings (SSSR count). The predicted molar refractivity (Wildman–Crippen MR) is 66.7 cm³/mol. The maximum Gasteiger partial charge on any atom is 0.197 e. The highest BCUT2D eigenvalue weighted by Crippen LogP contribution is 2.25. The van der Waals surface area contributed by atoms with Gasteiger partial charge in [-0.1, -0.05) is 13.8 Å². The number of hydrogen-bond donors (Lipinski definition) is 0. The third kappa shape index (κ3) is 3.18. The summed E-state index contributed by atoms with van der Waals surface area (Å²) in [6.07, 6.45) is 1.36. The zero-order valence-electron chi connectivity index (χ0n) is 11.1. The van der Waals surface area contributed by atoms with Crippen molar-refractivity contribution in [2.75, 3.05) is 58.4 Å². The van der Waals surface area contributed by atoms with Crippen LogP contribution in [0.25, 0.3) is 0 Å². The molecule has 3 aliphatic heterocycles. The minimum Gasteiger partial charge on any atom is -0.312 e. The van der Waals surface area contributed by atoms with Crippen molar-refractivity contribution in [1.82, 2.24) is 0 Å². The molecule has 0 aromatic heterocycles. The Hall–Kier alpha value is -0.130. The van der Waals surface area contributed by atoms with Gasteiger partial charge in [-0.2, -0.15) is 0 Å². The molecule has 16 heavy (non-hydrogen) atoms. The normalized spacial score (nSPS) is 37.8. The van der Waals surface area contributed by atoms with E-state index in [1.165, 1.54) is 6.26 Å². The first-order valence-electron chi connectivity index (χ1n) is 6.19. The molecule has 3 heterocycles. The first-order chi connectivity index (χ1) is 7.33. The summed E-state index contributed by atoms with van der Waals surface area (Å²) in [5, 5.41) is 0. The van der Waals surface area contributed by atoms with Gasteiger partial charge in [-0.15, -0.1) is 0 Å². The second-order valence-corrected chi connectivity index (χ2v) is 7.47. The first kappa shape index (κ1) is 13.9. The summed E-state index contributed by atoms with van der Waals surface area (Å²) in [4.78, 5) is 0. The number of piperazine rings is 3. The van der Waals surface area contributed by atoms with Crippen LogP contribution in [0.1, 0.15) is 13.8 Å². The van der Waals surface area contributed by atoms with Gasteiger partial charge in [0, 0.05) is 6.26 Å². The molecule has 3 aliphatic rings. The van der Waals surface area contributed by atoms with E-state index in [0.717, 1.165) is 48.2 Å². The largest absolute Gasteiger partial charge is 0.312 e. The maximum absolute atomic E-state index is 11.3. The van der Waals surface area contributed by atoms with E-state index in [0.29, 0.717) is 5.88 Å². The van der Waals surface area contributed by atoms with Gasteiger partial charge in [0.25, 0.3) is 0 Å². The Labute approximate surface area is 99.9 Å². The molecule has 0 aromatic carbocycles. The number of sulfone groups is 1. The predicted octanol–water partition coefficient (Wildman–Crippen LogP) is 0.305. The van der Waals surface area contributed by atoms with E-state index in [9.17, 15) is 8.42 Å². The summed E-state index contributed by atoms with van der Waals surface area (Å²) in [6, 6.07) is 0. The number of likely N-dealkylation sites (N-methyl/N-ethyl adjacent to an activating group) is 1. The number of rotatable bonds is 2. The Kier molecular flexibility index (Phi) is 4.03. The van der Waals surface area contributed by atoms with Crippen LogP contribution in [-0.4, -0.2) is 75.8 Å². The molecule has 0 aromatic rings. The van der Waals surface area contributed by atoms with E-state index in [4.69, 9.17) is 0 Å². The van der Waals surface area contributed by atoms with Crippen molar-refractivity contribution in [2.45, 2.75) is 13.8 Å². The smallest absolute Gasteiger partial charge is 0.197 e. The second-order valence-electron chi connectivity index (χ2n) is 5.36. The summed E-state index contributed by atoms with van der Waals surface area (Å²) in [6.45, 7) is 10.6. The van der Waals surface area contributed by atoms with Gasteiger partial charge in [-0.05, 0) is 0 Å². The topological polar surface area (TPSA) is 34.1 Å². The van der Waals surface area contributed by atoms with Crippen LogP contribution < -0.4 is 0 Å². The molecule has 0 amide bonds. The summed E-state index contributed by atoms with van der Waals surface area (Å²) >= 11 is 0. The molecule has 0 saturated carbocycles. The Morgan fingerprint density at radius 3 is 1.62 bits per heavy atom. The monoisotopic (exact) mass is 250 g/mol. The lowest BCUT2D eigenvalue weighted by atomic mass is 10.1. The molecule has 96 valence electrons. The van der Waals surface area contributed by atoms with Crippen LogP contribution in [0, 0.1) is 0 Å². The molecule has 0 unspecified atom stereocenters. The molecule has 3 saturated heterocycles. The van der Waals surface area contributed by atoms with Crippen LogP contribution in [0.2, 0.25) is 0 Å². The molecular formula is C11H26N2O2S+2. The standard InChI is InChI=1S/C9H20N2O2S.C2H6/c1-10-3-6-11(7-4-10,8-5-10)9-14(2,12)13;1-2/h3-9H2,1-2H3;1-2H3/q+2;. The Morgan fingerprint density at radius 1 is 0.938 bits per heavy atom. The zero-order chi connectivity index (χ0) is 12.4. The molecule has 0 atom stereocenters. The van der Waals surface area contributed by atoms with Crippen molar-refractivity contribution in [3.63, 3.8) is 0 Å². The van der Waals surface area contributed by atoms with Crippen LogP contribution in [0.5, 0.6) is 0 Å². The van der Waals surface area contributed by atoms with Crippen LogP contribution in [0.4, 0.5) is 0 Å². The van der Waals surface area contributed by atoms with Crippen molar-refractivity contribution >= 4 is 9.84 Å². The van der Waals surface area contributed by atoms with Gasteiger partial charge in [-0.25, -0.2) is 8.42 Å². The van der Waals surface area contributed by atoms with E-state index in [1.807, 2.05) is 13.8 Å². The van der Waals surface area contributed by atoms with Crippen molar-refractivity contribution < 1.29 is 17.4 Å². The highest BCUT2D eigenvalue weighted by molar-refractivity contribution is 7.90. The minimum atomic E-state index is -2.82. The van der Waals surface area contributed by atoms with E-state index in [-0.39, 0.29) is 0 Å². The van der Waals surface area contributed by atoms with Crippen LogP contribution in [0.15, 0.2) is 0 Å². The lowest BCUT2D eigenvalue weighted by molar-refractivity contribution is -1.07. The van der Waals surface area contributed by atoms with Crippen molar-refractivity contribution in [2.24, 2.45) is 0 Å². The maximum atomic E-state index is 11.3. The van der Waals surface area contributed by atoms with Gasteiger partial charge in [-0.3, -0.25) is 4.48 Å². The Morgan fingerprint density at radius 2 is 1.31 bits per heavy atom. The summed E-state index contributed by atoms with van der Waals surface area (Å²) < 4.78 is 24.7. The average Bonchev–Trinajstić information content (AvgIpc) is 2.21. The number of nitrogens with zero attached hydrogens (tertiary/aromatic N) is 2. The van der Waals surface area contributed by atoms with Gasteiger partial charge in [0.05, 0.1) is 7.05 Å². The molecule has 0 aliphatic carbocycles. The third-order valence-electron chi connectivity index (χ3n) is 3.85. The molecule has 0 radical (unpaired) electrons. The van der Waals surface area contributed by atoms with Gasteiger partial charge >= 0.3 is 0 Å². The van der Waals surface area contributed by atoms with E-state index in [1.54, 1.807) is 0 Å². The fourth-order valence-corrected chi connectivity index (χ4v) is 4.10. The summed E-state index contributed by atoms with van der Waals surface area (Å²) in [7, 11) is -0.539. The summed E-state index contributed by atoms with van der Waals surface area (Å²) in [5.74, 6) is 0.354. The van der Waals surface area contributed by atoms with E-state index < -0.39 is 9.84 Å².